The second kappa shape index (κ2) is 7.60. The molecule has 0 atom stereocenters. The van der Waals surface area contributed by atoms with Gasteiger partial charge in [0.1, 0.15) is 11.5 Å². The average molecular weight is 271 g/mol. The van der Waals surface area contributed by atoms with Gasteiger partial charge < -0.3 is 0 Å². The van der Waals surface area contributed by atoms with E-state index in [1.165, 1.54) is 10.6 Å². The number of hydrogen-bond donors (Lipinski definition) is 1. The summed E-state index contributed by atoms with van der Waals surface area (Å²) in [7, 11) is 0. The fourth-order valence-corrected chi connectivity index (χ4v) is 1.97. The molecule has 0 saturated carbocycles. The molecule has 0 fully saturated rings. The minimum Gasteiger partial charge on any atom is -0.289 e. The van der Waals surface area contributed by atoms with Gasteiger partial charge in [-0.1, -0.05) is 43.7 Å². The number of unbranched alkanes of at least 4 members (excludes halogenated alkanes) is 1. The lowest BCUT2D eigenvalue weighted by molar-refractivity contribution is -0.0419. The Morgan fingerprint density at radius 2 is 2.00 bits per heavy atom. The van der Waals surface area contributed by atoms with E-state index in [2.05, 4.69) is 29.0 Å². The van der Waals surface area contributed by atoms with Crippen molar-refractivity contribution < 1.29 is 5.21 Å². The number of rotatable bonds is 7. The Bertz CT molecular complexity index is 506. The number of nitrogens with zero attached hydrogens (tertiary/aromatic N) is 3. The van der Waals surface area contributed by atoms with Gasteiger partial charge in [0, 0.05) is 13.0 Å². The molecule has 0 unspecified atom stereocenters. The molecule has 1 aromatic rings. The first kappa shape index (κ1) is 14.5. The first-order chi connectivity index (χ1) is 9.78. The van der Waals surface area contributed by atoms with E-state index in [4.69, 9.17) is 0 Å². The number of benzene rings is 1. The smallest absolute Gasteiger partial charge is 0.129 e. The van der Waals surface area contributed by atoms with Gasteiger partial charge in [-0.2, -0.15) is 0 Å². The first-order valence-electron chi connectivity index (χ1n) is 7.11. The molecule has 0 aliphatic carbocycles. The van der Waals surface area contributed by atoms with Gasteiger partial charge in [0.2, 0.25) is 0 Å². The molecule has 1 aromatic carbocycles. The van der Waals surface area contributed by atoms with E-state index >= 15 is 0 Å². The lowest BCUT2D eigenvalue weighted by atomic mass is 10.1. The van der Waals surface area contributed by atoms with Crippen molar-refractivity contribution in [3.8, 4) is 0 Å². The quantitative estimate of drug-likeness (QED) is 0.772. The second-order valence-electron chi connectivity index (χ2n) is 4.84. The lowest BCUT2D eigenvalue weighted by Gasteiger charge is -2.10. The van der Waals surface area contributed by atoms with Crippen molar-refractivity contribution in [2.45, 2.75) is 32.6 Å². The van der Waals surface area contributed by atoms with Crippen LogP contribution in [0.25, 0.3) is 0 Å². The van der Waals surface area contributed by atoms with E-state index in [0.29, 0.717) is 12.2 Å². The maximum Gasteiger partial charge on any atom is 0.129 e. The van der Waals surface area contributed by atoms with Crippen LogP contribution < -0.4 is 0 Å². The molecule has 106 valence electrons. The average Bonchev–Trinajstić information content (AvgIpc) is 2.91. The summed E-state index contributed by atoms with van der Waals surface area (Å²) in [5, 5.41) is 10.8. The largest absolute Gasteiger partial charge is 0.289 e. The van der Waals surface area contributed by atoms with Crippen molar-refractivity contribution in [1.29, 1.82) is 0 Å². The Labute approximate surface area is 120 Å². The second-order valence-corrected chi connectivity index (χ2v) is 4.84. The summed E-state index contributed by atoms with van der Waals surface area (Å²) in [5.74, 6) is 0.823. The predicted octanol–water partition coefficient (Wildman–Crippen LogP) is 3.43. The van der Waals surface area contributed by atoms with Crippen LogP contribution in [-0.2, 0) is 6.42 Å². The van der Waals surface area contributed by atoms with Crippen molar-refractivity contribution in [2.24, 2.45) is 9.98 Å². The fourth-order valence-electron chi connectivity index (χ4n) is 1.97. The normalized spacial score (nSPS) is 15.7. The summed E-state index contributed by atoms with van der Waals surface area (Å²) in [6.07, 6.45) is 7.10. The third kappa shape index (κ3) is 4.63. The number of allylic oxidation sites excluding steroid dienone is 1. The highest BCUT2D eigenvalue weighted by Crippen LogP contribution is 2.10. The zero-order valence-corrected chi connectivity index (χ0v) is 11.9. The molecule has 1 N–H and O–H groups in total. The van der Waals surface area contributed by atoms with E-state index < -0.39 is 0 Å². The SMILES string of the molecule is CCCCN(O)/C=C1\C=NC(CCc2ccccc2)=N1. The van der Waals surface area contributed by atoms with Gasteiger partial charge in [0.15, 0.2) is 0 Å². The molecule has 0 bridgehead atoms. The highest BCUT2D eigenvalue weighted by Gasteiger charge is 2.07. The molecular weight excluding hydrogens is 250 g/mol. The summed E-state index contributed by atoms with van der Waals surface area (Å²) in [4.78, 5) is 8.69. The van der Waals surface area contributed by atoms with E-state index in [1.54, 1.807) is 12.4 Å². The molecule has 1 heterocycles. The summed E-state index contributed by atoms with van der Waals surface area (Å²) < 4.78 is 0. The van der Waals surface area contributed by atoms with Gasteiger partial charge in [0.25, 0.3) is 0 Å². The van der Waals surface area contributed by atoms with E-state index in [9.17, 15) is 5.21 Å². The van der Waals surface area contributed by atoms with Crippen LogP contribution in [0.1, 0.15) is 31.7 Å². The van der Waals surface area contributed by atoms with Gasteiger partial charge >= 0.3 is 0 Å². The zero-order chi connectivity index (χ0) is 14.2. The van der Waals surface area contributed by atoms with Crippen molar-refractivity contribution in [2.75, 3.05) is 6.54 Å². The monoisotopic (exact) mass is 271 g/mol. The minimum atomic E-state index is 0.628. The van der Waals surface area contributed by atoms with Gasteiger partial charge in [-0.15, -0.1) is 0 Å². The molecule has 0 amide bonds. The van der Waals surface area contributed by atoms with Crippen LogP contribution in [0.5, 0.6) is 0 Å². The Morgan fingerprint density at radius 1 is 1.20 bits per heavy atom. The lowest BCUT2D eigenvalue weighted by Crippen LogP contribution is -2.13. The highest BCUT2D eigenvalue weighted by atomic mass is 16.5. The van der Waals surface area contributed by atoms with Crippen LogP contribution in [0.4, 0.5) is 0 Å². The molecule has 1 aliphatic rings. The van der Waals surface area contributed by atoms with Crippen LogP contribution in [-0.4, -0.2) is 28.9 Å². The maximum atomic E-state index is 9.66. The number of aliphatic imine (C=N–C) groups is 2. The maximum absolute atomic E-state index is 9.66. The molecule has 4 nitrogen and oxygen atoms in total. The number of aryl methyl sites for hydroxylation is 1. The zero-order valence-electron chi connectivity index (χ0n) is 11.9. The van der Waals surface area contributed by atoms with Crippen LogP contribution in [0.3, 0.4) is 0 Å². The number of hydrogen-bond acceptors (Lipinski definition) is 4. The van der Waals surface area contributed by atoms with Crippen molar-refractivity contribution in [3.05, 3.63) is 47.8 Å². The molecule has 4 heteroatoms. The van der Waals surface area contributed by atoms with Gasteiger partial charge in [-0.05, 0) is 18.4 Å². The molecule has 2 rings (SSSR count). The summed E-state index contributed by atoms with van der Waals surface area (Å²) in [5.41, 5.74) is 2.00. The summed E-state index contributed by atoms with van der Waals surface area (Å²) >= 11 is 0. The Hall–Kier alpha value is -1.94. The Kier molecular flexibility index (Phi) is 5.50. The first-order valence-corrected chi connectivity index (χ1v) is 7.11. The molecule has 1 aliphatic heterocycles. The molecule has 0 spiro atoms. The third-order valence-corrected chi connectivity index (χ3v) is 3.11. The number of amidine groups is 1. The number of hydroxylamine groups is 2. The van der Waals surface area contributed by atoms with Gasteiger partial charge in [0.05, 0.1) is 12.4 Å². The Balaban J connectivity index is 1.84. The molecule has 0 radical (unpaired) electrons. The van der Waals surface area contributed by atoms with E-state index in [0.717, 1.165) is 31.5 Å². The van der Waals surface area contributed by atoms with Crippen LogP contribution in [0.15, 0.2) is 52.2 Å². The molecule has 20 heavy (non-hydrogen) atoms. The molecule has 0 saturated heterocycles. The third-order valence-electron chi connectivity index (χ3n) is 3.11. The summed E-state index contributed by atoms with van der Waals surface area (Å²) in [6.45, 7) is 2.72. The molecule has 0 aromatic heterocycles. The van der Waals surface area contributed by atoms with Crippen molar-refractivity contribution >= 4 is 12.1 Å². The minimum absolute atomic E-state index is 0.628. The van der Waals surface area contributed by atoms with Crippen LogP contribution >= 0.6 is 0 Å². The standard InChI is InChI=1S/C16H21N3O/c1-2-3-11-19(20)13-15-12-17-16(18-15)10-9-14-7-5-4-6-8-14/h4-8,12-13,20H,2-3,9-11H2,1H3/b15-13+. The van der Waals surface area contributed by atoms with Crippen molar-refractivity contribution in [3.63, 3.8) is 0 Å². The fraction of sp³-hybridized carbons (Fsp3) is 0.375. The predicted molar refractivity (Wildman–Crippen MR) is 82.2 cm³/mol. The molecular formula is C16H21N3O. The van der Waals surface area contributed by atoms with Crippen LogP contribution in [0.2, 0.25) is 0 Å². The summed E-state index contributed by atoms with van der Waals surface area (Å²) in [6, 6.07) is 10.3. The van der Waals surface area contributed by atoms with Crippen molar-refractivity contribution in [1.82, 2.24) is 5.06 Å². The van der Waals surface area contributed by atoms with E-state index in [1.807, 2.05) is 18.2 Å². The van der Waals surface area contributed by atoms with Gasteiger partial charge in [-0.3, -0.25) is 10.3 Å². The van der Waals surface area contributed by atoms with Crippen LogP contribution in [0, 0.1) is 0 Å². The Morgan fingerprint density at radius 3 is 2.75 bits per heavy atom. The highest BCUT2D eigenvalue weighted by molar-refractivity contribution is 6.01. The van der Waals surface area contributed by atoms with Gasteiger partial charge in [-0.25, -0.2) is 9.98 Å². The van der Waals surface area contributed by atoms with E-state index in [-0.39, 0.29) is 0 Å². The topological polar surface area (TPSA) is 48.2 Å².